The number of thioether (sulfide) groups is 1. The first-order valence-corrected chi connectivity index (χ1v) is 6.31. The fraction of sp³-hybridized carbons (Fsp3) is 0.818. The highest BCUT2D eigenvalue weighted by Crippen LogP contribution is 2.18. The van der Waals surface area contributed by atoms with Gasteiger partial charge in [-0.05, 0) is 12.8 Å². The molecular weight excluding hydrogens is 212 g/mol. The fourth-order valence-corrected chi connectivity index (χ4v) is 1.78. The second-order valence-electron chi connectivity index (χ2n) is 3.78. The number of hydrogen-bond acceptors (Lipinski definition) is 4. The smallest absolute Gasteiger partial charge is 0.313 e. The van der Waals surface area contributed by atoms with E-state index in [0.29, 0.717) is 23.5 Å². The van der Waals surface area contributed by atoms with E-state index >= 15 is 0 Å². The molecule has 0 aliphatic carbocycles. The quantitative estimate of drug-likeness (QED) is 0.499. The van der Waals surface area contributed by atoms with Crippen LogP contribution in [0.2, 0.25) is 0 Å². The van der Waals surface area contributed by atoms with E-state index in [-0.39, 0.29) is 12.2 Å². The standard InChI is InChI=1S/C11H20O3S/c1-5-14-11(13)6-10(12)7-15-9(4)8(2)3/h8-9H,5-7H2,1-4H3. The van der Waals surface area contributed by atoms with Crippen LogP contribution in [0.5, 0.6) is 0 Å². The number of carbonyl (C=O) groups excluding carboxylic acids is 2. The van der Waals surface area contributed by atoms with Crippen LogP contribution in [0.1, 0.15) is 34.1 Å². The minimum Gasteiger partial charge on any atom is -0.466 e. The average Bonchev–Trinajstić information content (AvgIpc) is 2.14. The van der Waals surface area contributed by atoms with Crippen LogP contribution in [0.15, 0.2) is 0 Å². The van der Waals surface area contributed by atoms with Crippen LogP contribution in [0.4, 0.5) is 0 Å². The average molecular weight is 232 g/mol. The lowest BCUT2D eigenvalue weighted by Crippen LogP contribution is -2.15. The third-order valence-corrected chi connectivity index (χ3v) is 3.65. The molecule has 0 aromatic rings. The Morgan fingerprint density at radius 2 is 1.87 bits per heavy atom. The van der Waals surface area contributed by atoms with Crippen molar-refractivity contribution in [3.63, 3.8) is 0 Å². The number of ketones is 1. The van der Waals surface area contributed by atoms with Crippen LogP contribution < -0.4 is 0 Å². The molecule has 88 valence electrons. The van der Waals surface area contributed by atoms with Gasteiger partial charge in [0, 0.05) is 5.25 Å². The molecule has 0 heterocycles. The van der Waals surface area contributed by atoms with Gasteiger partial charge >= 0.3 is 5.97 Å². The van der Waals surface area contributed by atoms with Gasteiger partial charge in [-0.3, -0.25) is 9.59 Å². The first kappa shape index (κ1) is 14.5. The number of hydrogen-bond donors (Lipinski definition) is 0. The highest BCUT2D eigenvalue weighted by molar-refractivity contribution is 8.00. The van der Waals surface area contributed by atoms with Crippen molar-refractivity contribution in [1.82, 2.24) is 0 Å². The van der Waals surface area contributed by atoms with E-state index in [1.165, 1.54) is 0 Å². The molecule has 0 spiro atoms. The molecule has 4 heteroatoms. The van der Waals surface area contributed by atoms with Crippen molar-refractivity contribution in [2.45, 2.75) is 39.4 Å². The Bertz CT molecular complexity index is 214. The van der Waals surface area contributed by atoms with E-state index in [0.717, 1.165) is 0 Å². The Morgan fingerprint density at radius 3 is 2.33 bits per heavy atom. The molecule has 0 saturated heterocycles. The number of Topliss-reactive ketones (excluding diaryl/α,β-unsaturated/α-hetero) is 1. The van der Waals surface area contributed by atoms with E-state index in [1.54, 1.807) is 18.7 Å². The molecule has 15 heavy (non-hydrogen) atoms. The predicted octanol–water partition coefficient (Wildman–Crippen LogP) is 2.29. The Hall–Kier alpha value is -0.510. The summed E-state index contributed by atoms with van der Waals surface area (Å²) in [5.41, 5.74) is 0. The lowest BCUT2D eigenvalue weighted by Gasteiger charge is -2.13. The van der Waals surface area contributed by atoms with Crippen LogP contribution in [-0.4, -0.2) is 29.4 Å². The van der Waals surface area contributed by atoms with Crippen molar-refractivity contribution >= 4 is 23.5 Å². The first-order valence-electron chi connectivity index (χ1n) is 5.26. The van der Waals surface area contributed by atoms with E-state index in [2.05, 4.69) is 20.8 Å². The maximum atomic E-state index is 11.3. The largest absolute Gasteiger partial charge is 0.466 e. The number of carbonyl (C=O) groups is 2. The van der Waals surface area contributed by atoms with Crippen molar-refractivity contribution in [3.05, 3.63) is 0 Å². The molecule has 0 aromatic heterocycles. The van der Waals surface area contributed by atoms with Crippen LogP contribution in [0.3, 0.4) is 0 Å². The van der Waals surface area contributed by atoms with Crippen molar-refractivity contribution in [3.8, 4) is 0 Å². The first-order chi connectivity index (χ1) is 6.97. The second-order valence-corrected chi connectivity index (χ2v) is 5.15. The molecule has 0 aliphatic heterocycles. The third kappa shape index (κ3) is 7.42. The highest BCUT2D eigenvalue weighted by Gasteiger charge is 2.13. The molecule has 0 saturated carbocycles. The Labute approximate surface area is 95.9 Å². The van der Waals surface area contributed by atoms with Crippen LogP contribution in [0, 0.1) is 5.92 Å². The Kier molecular flexibility index (Phi) is 7.48. The summed E-state index contributed by atoms with van der Waals surface area (Å²) in [4.78, 5) is 22.3. The molecule has 0 amide bonds. The molecule has 1 atom stereocenters. The van der Waals surface area contributed by atoms with E-state index < -0.39 is 5.97 Å². The molecule has 0 fully saturated rings. The zero-order valence-electron chi connectivity index (χ0n) is 9.91. The molecule has 0 radical (unpaired) electrons. The summed E-state index contributed by atoms with van der Waals surface area (Å²) in [6.45, 7) is 8.40. The summed E-state index contributed by atoms with van der Waals surface area (Å²) in [6, 6.07) is 0. The van der Waals surface area contributed by atoms with Gasteiger partial charge < -0.3 is 4.74 Å². The van der Waals surface area contributed by atoms with Gasteiger partial charge in [0.2, 0.25) is 0 Å². The van der Waals surface area contributed by atoms with Crippen molar-refractivity contribution in [2.75, 3.05) is 12.4 Å². The van der Waals surface area contributed by atoms with Gasteiger partial charge in [0.1, 0.15) is 6.42 Å². The number of rotatable bonds is 7. The fourth-order valence-electron chi connectivity index (χ4n) is 0.841. The van der Waals surface area contributed by atoms with Gasteiger partial charge in [0.25, 0.3) is 0 Å². The van der Waals surface area contributed by atoms with Gasteiger partial charge in [-0.1, -0.05) is 20.8 Å². The maximum absolute atomic E-state index is 11.3. The van der Waals surface area contributed by atoms with E-state index in [9.17, 15) is 9.59 Å². The van der Waals surface area contributed by atoms with Crippen LogP contribution >= 0.6 is 11.8 Å². The van der Waals surface area contributed by atoms with Gasteiger partial charge in [0.15, 0.2) is 5.78 Å². The van der Waals surface area contributed by atoms with Crippen molar-refractivity contribution < 1.29 is 14.3 Å². The molecule has 0 N–H and O–H groups in total. The van der Waals surface area contributed by atoms with Crippen molar-refractivity contribution in [2.24, 2.45) is 5.92 Å². The minimum absolute atomic E-state index is 0.0500. The number of esters is 1. The lowest BCUT2D eigenvalue weighted by molar-refractivity contribution is -0.145. The molecule has 0 bridgehead atoms. The molecule has 0 aromatic carbocycles. The maximum Gasteiger partial charge on any atom is 0.313 e. The topological polar surface area (TPSA) is 43.4 Å². The van der Waals surface area contributed by atoms with Gasteiger partial charge in [-0.25, -0.2) is 0 Å². The zero-order valence-corrected chi connectivity index (χ0v) is 10.7. The summed E-state index contributed by atoms with van der Waals surface area (Å²) in [5.74, 6) is 0.481. The summed E-state index contributed by atoms with van der Waals surface area (Å²) >= 11 is 1.60. The van der Waals surface area contributed by atoms with Crippen LogP contribution in [-0.2, 0) is 14.3 Å². The molecule has 0 rings (SSSR count). The summed E-state index contributed by atoms with van der Waals surface area (Å²) in [5, 5.41) is 0.441. The molecule has 1 unspecified atom stereocenters. The third-order valence-electron chi connectivity index (χ3n) is 2.09. The summed E-state index contributed by atoms with van der Waals surface area (Å²) < 4.78 is 4.70. The number of ether oxygens (including phenoxy) is 1. The SMILES string of the molecule is CCOC(=O)CC(=O)CSC(C)C(C)C. The summed E-state index contributed by atoms with van der Waals surface area (Å²) in [7, 11) is 0. The van der Waals surface area contributed by atoms with Gasteiger partial charge in [0.05, 0.1) is 12.4 Å². The van der Waals surface area contributed by atoms with Crippen LogP contribution in [0.25, 0.3) is 0 Å². The Balaban J connectivity index is 3.70. The monoisotopic (exact) mass is 232 g/mol. The second kappa shape index (κ2) is 7.74. The normalized spacial score (nSPS) is 12.6. The van der Waals surface area contributed by atoms with E-state index in [4.69, 9.17) is 4.74 Å². The highest BCUT2D eigenvalue weighted by atomic mass is 32.2. The molecule has 3 nitrogen and oxygen atoms in total. The zero-order chi connectivity index (χ0) is 11.8. The minimum atomic E-state index is -0.416. The molecular formula is C11H20O3S. The van der Waals surface area contributed by atoms with Crippen molar-refractivity contribution in [1.29, 1.82) is 0 Å². The van der Waals surface area contributed by atoms with Gasteiger partial charge in [-0.15, -0.1) is 0 Å². The molecule has 0 aliphatic rings. The summed E-state index contributed by atoms with van der Waals surface area (Å²) in [6.07, 6.45) is -0.0916. The lowest BCUT2D eigenvalue weighted by atomic mass is 10.2. The van der Waals surface area contributed by atoms with Gasteiger partial charge in [-0.2, -0.15) is 11.8 Å². The van der Waals surface area contributed by atoms with E-state index in [1.807, 2.05) is 0 Å². The predicted molar refractivity (Wildman–Crippen MR) is 63.0 cm³/mol. The Morgan fingerprint density at radius 1 is 1.27 bits per heavy atom.